The Labute approximate surface area is 99.5 Å². The molecule has 1 aromatic carbocycles. The van der Waals surface area contributed by atoms with Gasteiger partial charge in [0.2, 0.25) is 0 Å². The minimum atomic E-state index is 0.406. The molecule has 1 aromatic rings. The summed E-state index contributed by atoms with van der Waals surface area (Å²) in [5.41, 5.74) is 0.406. The molecule has 0 amide bonds. The van der Waals surface area contributed by atoms with Crippen LogP contribution in [0.2, 0.25) is 5.02 Å². The highest BCUT2D eigenvalue weighted by Gasteiger charge is 2.17. The van der Waals surface area contributed by atoms with Gasteiger partial charge in [-0.25, -0.2) is 0 Å². The second kappa shape index (κ2) is 5.20. The molecular weight excluding hydrogens is 226 g/mol. The molecule has 0 bridgehead atoms. The zero-order valence-corrected chi connectivity index (χ0v) is 9.54. The van der Waals surface area contributed by atoms with Crippen molar-refractivity contribution in [1.29, 1.82) is 5.26 Å². The van der Waals surface area contributed by atoms with E-state index in [0.29, 0.717) is 28.9 Å². The van der Waals surface area contributed by atoms with Crippen LogP contribution in [0.5, 0.6) is 5.75 Å². The number of hydrogen-bond donors (Lipinski definition) is 0. The molecule has 84 valence electrons. The Kier molecular flexibility index (Phi) is 3.66. The van der Waals surface area contributed by atoms with Crippen LogP contribution in [0.4, 0.5) is 0 Å². The van der Waals surface area contributed by atoms with Crippen molar-refractivity contribution in [2.75, 3.05) is 19.8 Å². The standard InChI is InChI=1S/C12H12ClNO2/c13-11-2-1-3-12(10(11)6-14)16-8-9-4-5-15-7-9/h1-3,9H,4-5,7-8H2. The predicted octanol–water partition coefficient (Wildman–Crippen LogP) is 2.63. The Balaban J connectivity index is 2.03. The molecule has 3 nitrogen and oxygen atoms in total. The van der Waals surface area contributed by atoms with Crippen LogP contribution < -0.4 is 4.74 Å². The van der Waals surface area contributed by atoms with E-state index >= 15 is 0 Å². The Morgan fingerprint density at radius 1 is 1.56 bits per heavy atom. The first-order valence-corrected chi connectivity index (χ1v) is 5.58. The third-order valence-corrected chi connectivity index (χ3v) is 2.90. The molecule has 0 aromatic heterocycles. The van der Waals surface area contributed by atoms with Crippen molar-refractivity contribution in [3.63, 3.8) is 0 Å². The van der Waals surface area contributed by atoms with Crippen LogP contribution >= 0.6 is 11.6 Å². The highest BCUT2D eigenvalue weighted by Crippen LogP contribution is 2.26. The second-order valence-corrected chi connectivity index (χ2v) is 4.17. The minimum absolute atomic E-state index is 0.406. The number of rotatable bonds is 3. The normalized spacial score (nSPS) is 19.4. The molecule has 1 aliphatic rings. The third-order valence-electron chi connectivity index (χ3n) is 2.59. The van der Waals surface area contributed by atoms with Crippen molar-refractivity contribution in [2.45, 2.75) is 6.42 Å². The van der Waals surface area contributed by atoms with E-state index in [0.717, 1.165) is 19.6 Å². The van der Waals surface area contributed by atoms with E-state index in [1.54, 1.807) is 18.2 Å². The van der Waals surface area contributed by atoms with Crippen LogP contribution in [0, 0.1) is 17.2 Å². The molecule has 1 fully saturated rings. The van der Waals surface area contributed by atoms with Gasteiger partial charge in [-0.05, 0) is 18.6 Å². The molecule has 1 heterocycles. The Hall–Kier alpha value is -1.24. The first-order valence-electron chi connectivity index (χ1n) is 5.20. The lowest BCUT2D eigenvalue weighted by Gasteiger charge is -2.11. The molecule has 2 rings (SSSR count). The summed E-state index contributed by atoms with van der Waals surface area (Å²) in [7, 11) is 0. The number of halogens is 1. The molecule has 0 radical (unpaired) electrons. The van der Waals surface area contributed by atoms with E-state index in [1.165, 1.54) is 0 Å². The second-order valence-electron chi connectivity index (χ2n) is 3.77. The molecule has 0 N–H and O–H groups in total. The van der Waals surface area contributed by atoms with Crippen molar-refractivity contribution in [3.8, 4) is 11.8 Å². The van der Waals surface area contributed by atoms with Crippen LogP contribution in [0.25, 0.3) is 0 Å². The summed E-state index contributed by atoms with van der Waals surface area (Å²) in [5, 5.41) is 9.39. The SMILES string of the molecule is N#Cc1c(Cl)cccc1OCC1CCOC1. The van der Waals surface area contributed by atoms with Gasteiger partial charge in [0.25, 0.3) is 0 Å². The molecule has 1 unspecified atom stereocenters. The summed E-state index contributed by atoms with van der Waals surface area (Å²) in [5.74, 6) is 0.979. The lowest BCUT2D eigenvalue weighted by Crippen LogP contribution is -2.12. The quantitative estimate of drug-likeness (QED) is 0.812. The third kappa shape index (κ3) is 2.46. The summed E-state index contributed by atoms with van der Waals surface area (Å²) in [4.78, 5) is 0. The Morgan fingerprint density at radius 2 is 2.44 bits per heavy atom. The summed E-state index contributed by atoms with van der Waals surface area (Å²) in [6.45, 7) is 2.12. The van der Waals surface area contributed by atoms with Gasteiger partial charge < -0.3 is 9.47 Å². The highest BCUT2D eigenvalue weighted by atomic mass is 35.5. The maximum absolute atomic E-state index is 8.95. The number of nitriles is 1. The molecule has 0 aliphatic carbocycles. The molecule has 0 spiro atoms. The average molecular weight is 238 g/mol. The first-order chi connectivity index (χ1) is 7.81. The van der Waals surface area contributed by atoms with Gasteiger partial charge in [-0.2, -0.15) is 5.26 Å². The molecule has 1 aliphatic heterocycles. The lowest BCUT2D eigenvalue weighted by molar-refractivity contribution is 0.167. The first kappa shape index (κ1) is 11.3. The van der Waals surface area contributed by atoms with Gasteiger partial charge in [0.1, 0.15) is 17.4 Å². The largest absolute Gasteiger partial charge is 0.492 e. The number of benzene rings is 1. The van der Waals surface area contributed by atoms with Crippen molar-refractivity contribution in [2.24, 2.45) is 5.92 Å². The molecule has 1 atom stereocenters. The molecule has 1 saturated heterocycles. The molecular formula is C12H12ClNO2. The number of ether oxygens (including phenoxy) is 2. The maximum atomic E-state index is 8.95. The molecule has 16 heavy (non-hydrogen) atoms. The topological polar surface area (TPSA) is 42.2 Å². The fourth-order valence-corrected chi connectivity index (χ4v) is 1.86. The van der Waals surface area contributed by atoms with E-state index in [1.807, 2.05) is 0 Å². The van der Waals surface area contributed by atoms with E-state index in [2.05, 4.69) is 6.07 Å². The van der Waals surface area contributed by atoms with Gasteiger partial charge >= 0.3 is 0 Å². The van der Waals surface area contributed by atoms with Crippen LogP contribution in [0.1, 0.15) is 12.0 Å². The molecule has 4 heteroatoms. The smallest absolute Gasteiger partial charge is 0.138 e. The Morgan fingerprint density at radius 3 is 3.12 bits per heavy atom. The lowest BCUT2D eigenvalue weighted by atomic mass is 10.1. The van der Waals surface area contributed by atoms with Gasteiger partial charge in [-0.1, -0.05) is 17.7 Å². The van der Waals surface area contributed by atoms with Crippen LogP contribution in [-0.2, 0) is 4.74 Å². The monoisotopic (exact) mass is 237 g/mol. The fraction of sp³-hybridized carbons (Fsp3) is 0.417. The van der Waals surface area contributed by atoms with Gasteiger partial charge in [0.05, 0.1) is 18.2 Å². The summed E-state index contributed by atoms with van der Waals surface area (Å²) < 4.78 is 10.9. The van der Waals surface area contributed by atoms with E-state index < -0.39 is 0 Å². The van der Waals surface area contributed by atoms with Crippen molar-refractivity contribution >= 4 is 11.6 Å². The zero-order valence-electron chi connectivity index (χ0n) is 8.78. The van der Waals surface area contributed by atoms with Crippen molar-refractivity contribution < 1.29 is 9.47 Å². The van der Waals surface area contributed by atoms with E-state index in [-0.39, 0.29) is 0 Å². The fourth-order valence-electron chi connectivity index (χ4n) is 1.66. The van der Waals surface area contributed by atoms with Crippen LogP contribution in [0.15, 0.2) is 18.2 Å². The predicted molar refractivity (Wildman–Crippen MR) is 60.6 cm³/mol. The zero-order chi connectivity index (χ0) is 11.4. The van der Waals surface area contributed by atoms with Gasteiger partial charge in [0.15, 0.2) is 0 Å². The van der Waals surface area contributed by atoms with Gasteiger partial charge in [0, 0.05) is 12.5 Å². The van der Waals surface area contributed by atoms with Gasteiger partial charge in [-0.15, -0.1) is 0 Å². The number of nitrogens with zero attached hydrogens (tertiary/aromatic N) is 1. The van der Waals surface area contributed by atoms with Crippen LogP contribution in [-0.4, -0.2) is 19.8 Å². The van der Waals surface area contributed by atoms with Crippen LogP contribution in [0.3, 0.4) is 0 Å². The Bertz CT molecular complexity index is 408. The average Bonchev–Trinajstić information content (AvgIpc) is 2.79. The number of hydrogen-bond acceptors (Lipinski definition) is 3. The summed E-state index contributed by atoms with van der Waals surface area (Å²) >= 11 is 5.90. The summed E-state index contributed by atoms with van der Waals surface area (Å²) in [6.07, 6.45) is 1.02. The van der Waals surface area contributed by atoms with Gasteiger partial charge in [-0.3, -0.25) is 0 Å². The van der Waals surface area contributed by atoms with E-state index in [9.17, 15) is 0 Å². The molecule has 0 saturated carbocycles. The van der Waals surface area contributed by atoms with E-state index in [4.69, 9.17) is 26.3 Å². The van der Waals surface area contributed by atoms with Crippen molar-refractivity contribution in [1.82, 2.24) is 0 Å². The highest BCUT2D eigenvalue weighted by molar-refractivity contribution is 6.31. The summed E-state index contributed by atoms with van der Waals surface area (Å²) in [6, 6.07) is 7.28. The minimum Gasteiger partial charge on any atom is -0.492 e. The van der Waals surface area contributed by atoms with Crippen molar-refractivity contribution in [3.05, 3.63) is 28.8 Å². The maximum Gasteiger partial charge on any atom is 0.138 e.